The van der Waals surface area contributed by atoms with Crippen LogP contribution in [0.25, 0.3) is 71.3 Å². The molecule has 0 unspecified atom stereocenters. The van der Waals surface area contributed by atoms with Gasteiger partial charge in [0.15, 0.2) is 0 Å². The van der Waals surface area contributed by atoms with Crippen LogP contribution in [0.4, 0.5) is 0 Å². The summed E-state index contributed by atoms with van der Waals surface area (Å²) in [7, 11) is 0. The van der Waals surface area contributed by atoms with Crippen LogP contribution in [0.3, 0.4) is 0 Å². The molecule has 0 saturated heterocycles. The van der Waals surface area contributed by atoms with Crippen molar-refractivity contribution in [2.75, 3.05) is 0 Å². The number of hydrogen-bond acceptors (Lipinski definition) is 1. The maximum absolute atomic E-state index is 5.01. The van der Waals surface area contributed by atoms with Crippen LogP contribution in [0.2, 0.25) is 0 Å². The van der Waals surface area contributed by atoms with Gasteiger partial charge in [-0.15, -0.1) is 0 Å². The fourth-order valence-electron chi connectivity index (χ4n) is 6.66. The summed E-state index contributed by atoms with van der Waals surface area (Å²) in [6.45, 7) is 4.28. The van der Waals surface area contributed by atoms with Gasteiger partial charge in [0.05, 0.1) is 11.0 Å². The lowest BCUT2D eigenvalue weighted by molar-refractivity contribution is 1.00. The molecule has 0 amide bonds. The van der Waals surface area contributed by atoms with Gasteiger partial charge in [-0.05, 0) is 98.2 Å². The predicted octanol–water partition coefficient (Wildman–Crippen LogP) is 10.4. The molecule has 0 spiro atoms. The molecule has 0 aliphatic heterocycles. The first kappa shape index (κ1) is 23.7. The Morgan fingerprint density at radius 1 is 0.488 bits per heavy atom. The SMILES string of the molecule is Cc1ccc(-c2c3ccccc3c(-c3ccc4c(c3)nc(C)n4-c3ccccc3)c3ccccc23)c2ccccc12. The van der Waals surface area contributed by atoms with Gasteiger partial charge in [0, 0.05) is 5.69 Å². The van der Waals surface area contributed by atoms with Gasteiger partial charge in [-0.1, -0.05) is 109 Å². The Labute approximate surface area is 239 Å². The van der Waals surface area contributed by atoms with Crippen molar-refractivity contribution in [1.29, 1.82) is 0 Å². The molecule has 7 aromatic carbocycles. The highest BCUT2D eigenvalue weighted by molar-refractivity contribution is 6.23. The predicted molar refractivity (Wildman–Crippen MR) is 174 cm³/mol. The van der Waals surface area contributed by atoms with Crippen LogP contribution in [0, 0.1) is 13.8 Å². The third kappa shape index (κ3) is 3.61. The van der Waals surface area contributed by atoms with E-state index in [2.05, 4.69) is 152 Å². The molecule has 2 nitrogen and oxygen atoms in total. The lowest BCUT2D eigenvalue weighted by atomic mass is 9.84. The van der Waals surface area contributed by atoms with Gasteiger partial charge in [0.2, 0.25) is 0 Å². The molecule has 0 N–H and O–H groups in total. The molecule has 0 aliphatic carbocycles. The van der Waals surface area contributed by atoms with E-state index < -0.39 is 0 Å². The van der Waals surface area contributed by atoms with Crippen molar-refractivity contribution in [3.05, 3.63) is 145 Å². The minimum Gasteiger partial charge on any atom is -0.297 e. The average Bonchev–Trinajstić information content (AvgIpc) is 3.35. The summed E-state index contributed by atoms with van der Waals surface area (Å²) in [6, 6.07) is 48.3. The number of aryl methyl sites for hydroxylation is 2. The van der Waals surface area contributed by atoms with Crippen molar-refractivity contribution in [3.8, 4) is 27.9 Å². The molecule has 0 fully saturated rings. The molecular weight excluding hydrogens is 496 g/mol. The Hall–Kier alpha value is -5.21. The largest absolute Gasteiger partial charge is 0.297 e. The Bertz CT molecular complexity index is 2220. The van der Waals surface area contributed by atoms with Crippen molar-refractivity contribution in [2.24, 2.45) is 0 Å². The lowest BCUT2D eigenvalue weighted by Crippen LogP contribution is -1.96. The second-order valence-corrected chi connectivity index (χ2v) is 10.9. The summed E-state index contributed by atoms with van der Waals surface area (Å²) in [4.78, 5) is 5.01. The van der Waals surface area contributed by atoms with E-state index in [9.17, 15) is 0 Å². The molecule has 41 heavy (non-hydrogen) atoms. The highest BCUT2D eigenvalue weighted by Gasteiger charge is 2.19. The molecule has 0 aliphatic rings. The molecule has 8 rings (SSSR count). The first-order valence-corrected chi connectivity index (χ1v) is 14.2. The third-order valence-corrected chi connectivity index (χ3v) is 8.47. The average molecular weight is 525 g/mol. The number of para-hydroxylation sites is 1. The summed E-state index contributed by atoms with van der Waals surface area (Å²) < 4.78 is 2.24. The number of aromatic nitrogens is 2. The van der Waals surface area contributed by atoms with E-state index in [1.165, 1.54) is 60.1 Å². The van der Waals surface area contributed by atoms with E-state index in [1.54, 1.807) is 0 Å². The zero-order valence-corrected chi connectivity index (χ0v) is 23.1. The lowest BCUT2D eigenvalue weighted by Gasteiger charge is -2.19. The van der Waals surface area contributed by atoms with Crippen molar-refractivity contribution in [1.82, 2.24) is 9.55 Å². The van der Waals surface area contributed by atoms with E-state index in [4.69, 9.17) is 4.98 Å². The Kier molecular flexibility index (Phi) is 5.30. The Balaban J connectivity index is 1.44. The van der Waals surface area contributed by atoms with Crippen molar-refractivity contribution in [2.45, 2.75) is 13.8 Å². The molecule has 8 aromatic rings. The fraction of sp³-hybridized carbons (Fsp3) is 0.0513. The molecule has 0 radical (unpaired) electrons. The van der Waals surface area contributed by atoms with Crippen molar-refractivity contribution < 1.29 is 0 Å². The van der Waals surface area contributed by atoms with Crippen LogP contribution >= 0.6 is 0 Å². The van der Waals surface area contributed by atoms with Crippen molar-refractivity contribution in [3.63, 3.8) is 0 Å². The Morgan fingerprint density at radius 2 is 1.05 bits per heavy atom. The van der Waals surface area contributed by atoms with Gasteiger partial charge in [-0.3, -0.25) is 4.57 Å². The van der Waals surface area contributed by atoms with Crippen LogP contribution in [0.5, 0.6) is 0 Å². The zero-order chi connectivity index (χ0) is 27.5. The van der Waals surface area contributed by atoms with Gasteiger partial charge in [0.1, 0.15) is 5.82 Å². The Morgan fingerprint density at radius 3 is 1.71 bits per heavy atom. The maximum atomic E-state index is 5.01. The summed E-state index contributed by atoms with van der Waals surface area (Å²) >= 11 is 0. The molecule has 1 heterocycles. The minimum atomic E-state index is 0.986. The molecule has 0 bridgehead atoms. The number of imidazole rings is 1. The highest BCUT2D eigenvalue weighted by Crippen LogP contribution is 2.45. The maximum Gasteiger partial charge on any atom is 0.111 e. The third-order valence-electron chi connectivity index (χ3n) is 8.47. The van der Waals surface area contributed by atoms with E-state index in [0.717, 1.165) is 22.5 Å². The van der Waals surface area contributed by atoms with Crippen LogP contribution < -0.4 is 0 Å². The second kappa shape index (κ2) is 9.18. The number of rotatable bonds is 3. The first-order valence-electron chi connectivity index (χ1n) is 14.2. The minimum absolute atomic E-state index is 0.986. The van der Waals surface area contributed by atoms with E-state index in [0.29, 0.717) is 0 Å². The molecule has 0 atom stereocenters. The molecule has 194 valence electrons. The number of hydrogen-bond donors (Lipinski definition) is 0. The highest BCUT2D eigenvalue weighted by atomic mass is 15.1. The van der Waals surface area contributed by atoms with Crippen LogP contribution in [-0.4, -0.2) is 9.55 Å². The first-order chi connectivity index (χ1) is 20.2. The topological polar surface area (TPSA) is 17.8 Å². The fourth-order valence-corrected chi connectivity index (χ4v) is 6.66. The normalized spacial score (nSPS) is 11.7. The monoisotopic (exact) mass is 524 g/mol. The van der Waals surface area contributed by atoms with Gasteiger partial charge in [-0.25, -0.2) is 4.98 Å². The van der Waals surface area contributed by atoms with Gasteiger partial charge in [0.25, 0.3) is 0 Å². The van der Waals surface area contributed by atoms with Gasteiger partial charge in [-0.2, -0.15) is 0 Å². The number of nitrogens with zero attached hydrogens (tertiary/aromatic N) is 2. The summed E-state index contributed by atoms with van der Waals surface area (Å²) in [5.41, 5.74) is 9.56. The van der Waals surface area contributed by atoms with Crippen LogP contribution in [0.15, 0.2) is 133 Å². The molecule has 0 saturated carbocycles. The van der Waals surface area contributed by atoms with Crippen LogP contribution in [-0.2, 0) is 0 Å². The quantitative estimate of drug-likeness (QED) is 0.210. The number of fused-ring (bicyclic) bond motifs is 4. The van der Waals surface area contributed by atoms with E-state index in [1.807, 2.05) is 0 Å². The zero-order valence-electron chi connectivity index (χ0n) is 23.1. The van der Waals surface area contributed by atoms with E-state index >= 15 is 0 Å². The summed E-state index contributed by atoms with van der Waals surface area (Å²) in [5, 5.41) is 7.63. The van der Waals surface area contributed by atoms with Crippen molar-refractivity contribution >= 4 is 43.4 Å². The summed E-state index contributed by atoms with van der Waals surface area (Å²) in [5.74, 6) is 0.986. The van der Waals surface area contributed by atoms with E-state index in [-0.39, 0.29) is 0 Å². The summed E-state index contributed by atoms with van der Waals surface area (Å²) in [6.07, 6.45) is 0. The van der Waals surface area contributed by atoms with Crippen LogP contribution in [0.1, 0.15) is 11.4 Å². The molecular formula is C39H28N2. The van der Waals surface area contributed by atoms with Gasteiger partial charge < -0.3 is 0 Å². The standard InChI is InChI=1S/C39H28N2/c1-25-20-22-35(30-15-7-6-14-29(25)30)39-33-18-10-8-16-31(33)38(32-17-9-11-19-34(32)39)27-21-23-37-36(24-27)40-26(2)41(37)28-12-4-3-5-13-28/h3-24H,1-2H3. The molecule has 2 heteroatoms. The van der Waals surface area contributed by atoms with Gasteiger partial charge >= 0.3 is 0 Å². The second-order valence-electron chi connectivity index (χ2n) is 10.9. The number of benzene rings is 7. The molecule has 1 aromatic heterocycles. The smallest absolute Gasteiger partial charge is 0.111 e.